The van der Waals surface area contributed by atoms with E-state index in [4.69, 9.17) is 20.9 Å². The first-order valence-electron chi connectivity index (χ1n) is 11.5. The van der Waals surface area contributed by atoms with Crippen molar-refractivity contribution in [3.63, 3.8) is 0 Å². The van der Waals surface area contributed by atoms with E-state index in [1.54, 1.807) is 11.8 Å². The highest BCUT2D eigenvalue weighted by Gasteiger charge is 2.39. The molecule has 4 aromatic rings. The van der Waals surface area contributed by atoms with Crippen LogP contribution in [-0.4, -0.2) is 45.2 Å². The molecule has 1 unspecified atom stereocenters. The molecule has 0 fully saturated rings. The number of nitrogens with zero attached hydrogens (tertiary/aromatic N) is 6. The zero-order valence-corrected chi connectivity index (χ0v) is 20.8. The highest BCUT2D eigenvalue weighted by atomic mass is 19.4. The molecule has 0 amide bonds. The molecule has 5 rings (SSSR count). The Balaban J connectivity index is 1.80. The Labute approximate surface area is 217 Å². The first-order chi connectivity index (χ1) is 18.4. The molecule has 5 heterocycles. The third-order valence-electron chi connectivity index (χ3n) is 6.32. The van der Waals surface area contributed by atoms with Crippen LogP contribution < -0.4 is 25.8 Å². The first-order valence-corrected chi connectivity index (χ1v) is 11.5. The largest absolute Gasteiger partial charge is 0.475 e. The fourth-order valence-electron chi connectivity index (χ4n) is 4.58. The van der Waals surface area contributed by atoms with Crippen LogP contribution in [0.25, 0.3) is 22.3 Å². The van der Waals surface area contributed by atoms with Crippen LogP contribution in [0.4, 0.5) is 39.4 Å². The lowest BCUT2D eigenvalue weighted by Gasteiger charge is -2.30. The maximum atomic E-state index is 16.1. The van der Waals surface area contributed by atoms with Crippen molar-refractivity contribution in [2.45, 2.75) is 26.1 Å². The molecule has 1 aliphatic rings. The van der Waals surface area contributed by atoms with Crippen molar-refractivity contribution in [1.82, 2.24) is 24.9 Å². The lowest BCUT2D eigenvalue weighted by Crippen LogP contribution is -2.31. The number of methoxy groups -OCH3 is 1. The van der Waals surface area contributed by atoms with Gasteiger partial charge in [0.15, 0.2) is 5.82 Å². The predicted octanol–water partition coefficient (Wildman–Crippen LogP) is 4.22. The molecular weight excluding hydrogens is 527 g/mol. The molecule has 204 valence electrons. The van der Waals surface area contributed by atoms with E-state index in [9.17, 15) is 17.6 Å². The van der Waals surface area contributed by atoms with Gasteiger partial charge in [-0.2, -0.15) is 23.1 Å². The number of nitrogens with two attached hydrogens (primary N) is 2. The number of aryl methyl sites for hydroxylation is 1. The van der Waals surface area contributed by atoms with Gasteiger partial charge in [0.2, 0.25) is 5.88 Å². The lowest BCUT2D eigenvalue weighted by atomic mass is 10.0. The Morgan fingerprint density at radius 1 is 1.08 bits per heavy atom. The zero-order chi connectivity index (χ0) is 28.2. The molecule has 0 bridgehead atoms. The standard InChI is InChI=1S/C24H21F5N8O2/c1-9-6-13(30)33-18(15(9)24(27,28)29)19-16(26)17-14-21(36-23(35-17)38-3)37(4-5-39-22(14)34-19)10(2)12-7-11(25)8-32-20(12)31/h6-8,10H,4-5H2,1-3H3,(H2,30,33)(H2,31,32). The van der Waals surface area contributed by atoms with E-state index in [1.165, 1.54) is 20.1 Å². The molecule has 0 radical (unpaired) electrons. The summed E-state index contributed by atoms with van der Waals surface area (Å²) in [5, 5.41) is -0.0292. The number of alkyl halides is 3. The second-order valence-corrected chi connectivity index (χ2v) is 8.77. The summed E-state index contributed by atoms with van der Waals surface area (Å²) in [6.45, 7) is 2.97. The molecule has 0 saturated heterocycles. The first kappa shape index (κ1) is 26.1. The van der Waals surface area contributed by atoms with Crippen LogP contribution in [0.5, 0.6) is 11.9 Å². The number of hydrogen-bond donors (Lipinski definition) is 2. The van der Waals surface area contributed by atoms with Gasteiger partial charge in [-0.25, -0.2) is 23.7 Å². The van der Waals surface area contributed by atoms with Crippen molar-refractivity contribution in [2.24, 2.45) is 0 Å². The molecule has 0 saturated carbocycles. The summed E-state index contributed by atoms with van der Waals surface area (Å²) in [7, 11) is 1.24. The number of anilines is 3. The van der Waals surface area contributed by atoms with Gasteiger partial charge in [-0.05, 0) is 31.5 Å². The van der Waals surface area contributed by atoms with Gasteiger partial charge in [0.1, 0.15) is 52.2 Å². The van der Waals surface area contributed by atoms with Crippen LogP contribution in [0.1, 0.15) is 29.7 Å². The minimum absolute atomic E-state index is 0.0292. The van der Waals surface area contributed by atoms with E-state index in [-0.39, 0.29) is 53.4 Å². The van der Waals surface area contributed by atoms with E-state index in [0.29, 0.717) is 5.56 Å². The maximum absolute atomic E-state index is 16.1. The number of ether oxygens (including phenoxy) is 2. The average Bonchev–Trinajstić information content (AvgIpc) is 3.05. The second-order valence-electron chi connectivity index (χ2n) is 8.77. The molecule has 10 nitrogen and oxygen atoms in total. The summed E-state index contributed by atoms with van der Waals surface area (Å²) < 4.78 is 83.1. The molecule has 4 N–H and O–H groups in total. The third-order valence-corrected chi connectivity index (χ3v) is 6.32. The SMILES string of the molecule is COc1nc2c3c(nc(-c4nc(N)cc(C)c4C(F)(F)F)c(F)c3n1)OCCN2C(C)c1cc(F)cnc1N. The molecule has 0 aromatic carbocycles. The van der Waals surface area contributed by atoms with Crippen molar-refractivity contribution < 1.29 is 31.4 Å². The number of rotatable bonds is 4. The summed E-state index contributed by atoms with van der Waals surface area (Å²) in [4.78, 5) is 21.8. The van der Waals surface area contributed by atoms with E-state index in [1.807, 2.05) is 0 Å². The highest BCUT2D eigenvalue weighted by molar-refractivity contribution is 5.97. The van der Waals surface area contributed by atoms with E-state index >= 15 is 4.39 Å². The Hall–Kier alpha value is -4.56. The van der Waals surface area contributed by atoms with Gasteiger partial charge < -0.3 is 25.8 Å². The number of nitrogen functional groups attached to an aromatic ring is 2. The molecule has 1 atom stereocenters. The Bertz CT molecular complexity index is 1610. The smallest absolute Gasteiger partial charge is 0.418 e. The summed E-state index contributed by atoms with van der Waals surface area (Å²) >= 11 is 0. The van der Waals surface area contributed by atoms with Crippen LogP contribution in [0.3, 0.4) is 0 Å². The number of hydrogen-bond acceptors (Lipinski definition) is 10. The van der Waals surface area contributed by atoms with Crippen molar-refractivity contribution in [2.75, 3.05) is 36.6 Å². The van der Waals surface area contributed by atoms with Crippen LogP contribution in [-0.2, 0) is 6.18 Å². The second kappa shape index (κ2) is 9.32. The molecule has 1 aliphatic heterocycles. The predicted molar refractivity (Wildman–Crippen MR) is 131 cm³/mol. The van der Waals surface area contributed by atoms with E-state index in [0.717, 1.165) is 12.3 Å². The van der Waals surface area contributed by atoms with Crippen molar-refractivity contribution in [1.29, 1.82) is 0 Å². The van der Waals surface area contributed by atoms with Gasteiger partial charge in [0, 0.05) is 5.56 Å². The van der Waals surface area contributed by atoms with Crippen LogP contribution in [0.15, 0.2) is 18.3 Å². The van der Waals surface area contributed by atoms with Gasteiger partial charge in [-0.1, -0.05) is 0 Å². The van der Waals surface area contributed by atoms with Gasteiger partial charge >= 0.3 is 12.2 Å². The van der Waals surface area contributed by atoms with Gasteiger partial charge in [-0.15, -0.1) is 0 Å². The summed E-state index contributed by atoms with van der Waals surface area (Å²) in [6, 6.07) is 1.32. The highest BCUT2D eigenvalue weighted by Crippen LogP contribution is 2.44. The minimum atomic E-state index is -4.89. The Morgan fingerprint density at radius 2 is 1.82 bits per heavy atom. The van der Waals surface area contributed by atoms with Gasteiger partial charge in [0.25, 0.3) is 0 Å². The Morgan fingerprint density at radius 3 is 2.51 bits per heavy atom. The average molecular weight is 548 g/mol. The van der Waals surface area contributed by atoms with Gasteiger partial charge in [-0.3, -0.25) is 0 Å². The fraction of sp³-hybridized carbons (Fsp3) is 0.292. The zero-order valence-electron chi connectivity index (χ0n) is 20.8. The molecule has 15 heteroatoms. The van der Waals surface area contributed by atoms with Crippen molar-refractivity contribution in [3.05, 3.63) is 46.7 Å². The molecular formula is C24H21F5N8O2. The molecule has 4 aromatic heterocycles. The third kappa shape index (κ3) is 4.42. The number of pyridine rings is 3. The molecule has 0 aliphatic carbocycles. The number of halogens is 5. The molecule has 0 spiro atoms. The number of aromatic nitrogens is 5. The quantitative estimate of drug-likeness (QED) is 0.357. The fourth-order valence-corrected chi connectivity index (χ4v) is 4.58. The molecule has 39 heavy (non-hydrogen) atoms. The summed E-state index contributed by atoms with van der Waals surface area (Å²) in [6.07, 6.45) is -3.92. The van der Waals surface area contributed by atoms with Crippen molar-refractivity contribution >= 4 is 28.4 Å². The van der Waals surface area contributed by atoms with Crippen LogP contribution in [0, 0.1) is 18.6 Å². The lowest BCUT2D eigenvalue weighted by molar-refractivity contribution is -0.137. The summed E-state index contributed by atoms with van der Waals surface area (Å²) in [5.74, 6) is -2.17. The van der Waals surface area contributed by atoms with E-state index in [2.05, 4.69) is 24.9 Å². The minimum Gasteiger partial charge on any atom is -0.475 e. The Kier molecular flexibility index (Phi) is 6.23. The maximum Gasteiger partial charge on any atom is 0.418 e. The van der Waals surface area contributed by atoms with Crippen molar-refractivity contribution in [3.8, 4) is 23.3 Å². The van der Waals surface area contributed by atoms with Crippen LogP contribution >= 0.6 is 0 Å². The summed E-state index contributed by atoms with van der Waals surface area (Å²) in [5.41, 5.74) is 8.58. The van der Waals surface area contributed by atoms with Crippen LogP contribution in [0.2, 0.25) is 0 Å². The monoisotopic (exact) mass is 548 g/mol. The van der Waals surface area contributed by atoms with Gasteiger partial charge in [0.05, 0.1) is 31.5 Å². The van der Waals surface area contributed by atoms with E-state index < -0.39 is 46.3 Å². The normalized spacial score (nSPS) is 14.2. The topological polar surface area (TPSA) is 138 Å².